The van der Waals surface area contributed by atoms with Crippen molar-refractivity contribution in [3.05, 3.63) is 52.7 Å². The summed E-state index contributed by atoms with van der Waals surface area (Å²) in [6.07, 6.45) is 5.19. The molecule has 3 nitrogen and oxygen atoms in total. The molecule has 2 heterocycles. The van der Waals surface area contributed by atoms with Crippen LogP contribution >= 0.6 is 15.9 Å². The number of rotatable bonds is 3. The van der Waals surface area contributed by atoms with Crippen LogP contribution in [0.4, 0.5) is 0 Å². The molecule has 0 saturated carbocycles. The Balaban J connectivity index is 2.15. The Hall–Kier alpha value is -1.42. The zero-order valence-electron chi connectivity index (χ0n) is 7.81. The average molecular weight is 266 g/mol. The maximum Gasteiger partial charge on any atom is 0.179 e. The molecular weight excluding hydrogens is 258 g/mol. The van der Waals surface area contributed by atoms with Gasteiger partial charge in [0.1, 0.15) is 0 Å². The second kappa shape index (κ2) is 4.40. The Morgan fingerprint density at radius 1 is 1.47 bits per heavy atom. The van der Waals surface area contributed by atoms with Crippen molar-refractivity contribution in [3.8, 4) is 0 Å². The number of hydrogen-bond donors (Lipinski definition) is 0. The highest BCUT2D eigenvalue weighted by atomic mass is 79.9. The van der Waals surface area contributed by atoms with E-state index in [9.17, 15) is 4.79 Å². The van der Waals surface area contributed by atoms with Gasteiger partial charge in [0.25, 0.3) is 0 Å². The van der Waals surface area contributed by atoms with Gasteiger partial charge in [-0.3, -0.25) is 9.78 Å². The van der Waals surface area contributed by atoms with Gasteiger partial charge in [0.15, 0.2) is 10.5 Å². The van der Waals surface area contributed by atoms with Crippen LogP contribution in [0.1, 0.15) is 15.9 Å². The summed E-state index contributed by atoms with van der Waals surface area (Å²) in [5.74, 6) is 0.0172. The zero-order chi connectivity index (χ0) is 10.7. The number of hydrogen-bond acceptors (Lipinski definition) is 3. The van der Waals surface area contributed by atoms with Crippen LogP contribution in [0.3, 0.4) is 0 Å². The van der Waals surface area contributed by atoms with Gasteiger partial charge in [-0.1, -0.05) is 6.07 Å². The quantitative estimate of drug-likeness (QED) is 0.802. The molecule has 0 N–H and O–H groups in total. The molecule has 0 aliphatic heterocycles. The van der Waals surface area contributed by atoms with Crippen LogP contribution in [0.2, 0.25) is 0 Å². The number of pyridine rings is 1. The van der Waals surface area contributed by atoms with Crippen molar-refractivity contribution in [3.63, 3.8) is 0 Å². The number of carbonyl (C=O) groups is 1. The van der Waals surface area contributed by atoms with Crippen LogP contribution in [-0.2, 0) is 6.42 Å². The minimum absolute atomic E-state index is 0.0172. The fourth-order valence-corrected chi connectivity index (χ4v) is 1.74. The van der Waals surface area contributed by atoms with Crippen LogP contribution < -0.4 is 0 Å². The van der Waals surface area contributed by atoms with Gasteiger partial charge >= 0.3 is 0 Å². The van der Waals surface area contributed by atoms with Gasteiger partial charge < -0.3 is 4.42 Å². The Morgan fingerprint density at radius 2 is 2.33 bits per heavy atom. The molecule has 76 valence electrons. The first-order valence-corrected chi connectivity index (χ1v) is 5.22. The van der Waals surface area contributed by atoms with Crippen molar-refractivity contribution >= 4 is 21.7 Å². The summed E-state index contributed by atoms with van der Waals surface area (Å²) in [6, 6.07) is 5.34. The minimum atomic E-state index is 0.0172. The highest BCUT2D eigenvalue weighted by Gasteiger charge is 2.12. The van der Waals surface area contributed by atoms with E-state index in [1.807, 2.05) is 12.1 Å². The molecule has 0 fully saturated rings. The molecule has 4 heteroatoms. The lowest BCUT2D eigenvalue weighted by atomic mass is 10.1. The summed E-state index contributed by atoms with van der Waals surface area (Å²) in [7, 11) is 0. The van der Waals surface area contributed by atoms with E-state index in [2.05, 4.69) is 20.9 Å². The number of nitrogens with zero attached hydrogens (tertiary/aromatic N) is 1. The highest BCUT2D eigenvalue weighted by molar-refractivity contribution is 9.10. The van der Waals surface area contributed by atoms with Gasteiger partial charge in [0, 0.05) is 18.8 Å². The number of carbonyl (C=O) groups excluding carboxylic acids is 1. The van der Waals surface area contributed by atoms with E-state index in [1.165, 1.54) is 6.26 Å². The maximum absolute atomic E-state index is 11.8. The van der Waals surface area contributed by atoms with Crippen molar-refractivity contribution in [2.24, 2.45) is 0 Å². The number of ketones is 1. The van der Waals surface area contributed by atoms with E-state index in [4.69, 9.17) is 4.42 Å². The van der Waals surface area contributed by atoms with E-state index < -0.39 is 0 Å². The molecule has 0 atom stereocenters. The molecule has 0 aliphatic rings. The third kappa shape index (κ3) is 2.33. The normalized spacial score (nSPS) is 10.2. The Labute approximate surface area is 95.3 Å². The summed E-state index contributed by atoms with van der Waals surface area (Å²) in [5, 5.41) is 0. The van der Waals surface area contributed by atoms with Gasteiger partial charge in [0.2, 0.25) is 0 Å². The van der Waals surface area contributed by atoms with Crippen molar-refractivity contribution in [1.82, 2.24) is 4.98 Å². The van der Waals surface area contributed by atoms with Crippen LogP contribution in [0.25, 0.3) is 0 Å². The monoisotopic (exact) mass is 265 g/mol. The Morgan fingerprint density at radius 3 is 2.93 bits per heavy atom. The van der Waals surface area contributed by atoms with Gasteiger partial charge in [-0.2, -0.15) is 0 Å². The standard InChI is InChI=1S/C11H8BrNO2/c12-11-9(3-5-15-11)10(14)6-8-2-1-4-13-7-8/h1-5,7H,6H2. The first kappa shape index (κ1) is 10.1. The van der Waals surface area contributed by atoms with Gasteiger partial charge in [-0.05, 0) is 33.6 Å². The largest absolute Gasteiger partial charge is 0.457 e. The van der Waals surface area contributed by atoms with Crippen molar-refractivity contribution < 1.29 is 9.21 Å². The van der Waals surface area contributed by atoms with Crippen LogP contribution in [-0.4, -0.2) is 10.8 Å². The average Bonchev–Trinajstić information content (AvgIpc) is 2.66. The third-order valence-electron chi connectivity index (χ3n) is 2.01. The molecule has 0 radical (unpaired) electrons. The van der Waals surface area contributed by atoms with E-state index in [0.717, 1.165) is 5.56 Å². The van der Waals surface area contributed by atoms with Crippen LogP contribution in [0.5, 0.6) is 0 Å². The Bertz CT molecular complexity index is 464. The topological polar surface area (TPSA) is 43.1 Å². The van der Waals surface area contributed by atoms with Crippen molar-refractivity contribution in [1.29, 1.82) is 0 Å². The molecule has 0 aliphatic carbocycles. The van der Waals surface area contributed by atoms with Crippen LogP contribution in [0.15, 0.2) is 45.9 Å². The summed E-state index contributed by atoms with van der Waals surface area (Å²) in [5.41, 5.74) is 1.47. The van der Waals surface area contributed by atoms with Crippen molar-refractivity contribution in [2.45, 2.75) is 6.42 Å². The number of furan rings is 1. The van der Waals surface area contributed by atoms with Crippen molar-refractivity contribution in [2.75, 3.05) is 0 Å². The van der Waals surface area contributed by atoms with Gasteiger partial charge in [0.05, 0.1) is 11.8 Å². The summed E-state index contributed by atoms with van der Waals surface area (Å²) in [4.78, 5) is 15.7. The SMILES string of the molecule is O=C(Cc1cccnc1)c1ccoc1Br. The van der Waals surface area contributed by atoms with Gasteiger partial charge in [-0.15, -0.1) is 0 Å². The lowest BCUT2D eigenvalue weighted by Crippen LogP contribution is -2.02. The lowest BCUT2D eigenvalue weighted by Gasteiger charge is -1.98. The fraction of sp³-hybridized carbons (Fsp3) is 0.0909. The molecule has 15 heavy (non-hydrogen) atoms. The summed E-state index contributed by atoms with van der Waals surface area (Å²) < 4.78 is 5.49. The molecule has 0 amide bonds. The molecule has 0 aromatic carbocycles. The highest BCUT2D eigenvalue weighted by Crippen LogP contribution is 2.19. The second-order valence-electron chi connectivity index (χ2n) is 3.07. The van der Waals surface area contributed by atoms with E-state index in [1.54, 1.807) is 18.5 Å². The molecule has 2 rings (SSSR count). The molecule has 2 aromatic rings. The molecule has 0 unspecified atom stereocenters. The predicted octanol–water partition coefficient (Wildman–Crippen LogP) is 2.86. The molecule has 2 aromatic heterocycles. The maximum atomic E-state index is 11.8. The molecule has 0 spiro atoms. The predicted molar refractivity (Wildman–Crippen MR) is 58.7 cm³/mol. The van der Waals surface area contributed by atoms with E-state index in [-0.39, 0.29) is 5.78 Å². The number of halogens is 1. The minimum Gasteiger partial charge on any atom is -0.457 e. The third-order valence-corrected chi connectivity index (χ3v) is 2.62. The molecule has 0 saturated heterocycles. The number of Topliss-reactive ketones (excluding diaryl/α,β-unsaturated/α-hetero) is 1. The zero-order valence-corrected chi connectivity index (χ0v) is 9.40. The summed E-state index contributed by atoms with van der Waals surface area (Å²) in [6.45, 7) is 0. The lowest BCUT2D eigenvalue weighted by molar-refractivity contribution is 0.0991. The second-order valence-corrected chi connectivity index (χ2v) is 3.79. The van der Waals surface area contributed by atoms with E-state index in [0.29, 0.717) is 16.7 Å². The molecular formula is C11H8BrNO2. The summed E-state index contributed by atoms with van der Waals surface area (Å²) >= 11 is 3.18. The molecule has 0 bridgehead atoms. The fourth-order valence-electron chi connectivity index (χ4n) is 1.28. The first-order valence-electron chi connectivity index (χ1n) is 4.42. The smallest absolute Gasteiger partial charge is 0.179 e. The number of aromatic nitrogens is 1. The first-order chi connectivity index (χ1) is 7.27. The van der Waals surface area contributed by atoms with Gasteiger partial charge in [-0.25, -0.2) is 0 Å². The van der Waals surface area contributed by atoms with Crippen LogP contribution in [0, 0.1) is 0 Å². The van der Waals surface area contributed by atoms with E-state index >= 15 is 0 Å². The Kier molecular flexibility index (Phi) is 2.97.